The van der Waals surface area contributed by atoms with Gasteiger partial charge in [-0.25, -0.2) is 0 Å². The monoisotopic (exact) mass is 454 g/mol. The minimum atomic E-state index is -1.96. The molecule has 34 heavy (non-hydrogen) atoms. The van der Waals surface area contributed by atoms with Gasteiger partial charge in [-0.1, -0.05) is 47.6 Å². The van der Waals surface area contributed by atoms with Crippen LogP contribution in [0.4, 0.5) is 0 Å². The van der Waals surface area contributed by atoms with E-state index < -0.39 is 11.5 Å². The second-order valence-electron chi connectivity index (χ2n) is 7.92. The Bertz CT molecular complexity index is 1490. The van der Waals surface area contributed by atoms with Crippen molar-refractivity contribution in [2.24, 2.45) is 5.73 Å². The Morgan fingerprint density at radius 2 is 1.74 bits per heavy atom. The zero-order valence-corrected chi connectivity index (χ0v) is 18.6. The van der Waals surface area contributed by atoms with E-state index in [2.05, 4.69) is 10.1 Å². The van der Waals surface area contributed by atoms with Crippen LogP contribution < -0.4 is 10.5 Å². The molecule has 170 valence electrons. The van der Waals surface area contributed by atoms with E-state index in [9.17, 15) is 9.90 Å². The maximum absolute atomic E-state index is 12.3. The molecule has 1 unspecified atom stereocenters. The summed E-state index contributed by atoms with van der Waals surface area (Å²) in [5.41, 5.74) is 6.81. The molecule has 0 spiro atoms. The maximum atomic E-state index is 12.3. The van der Waals surface area contributed by atoms with E-state index in [0.717, 1.165) is 22.3 Å². The topological polar surface area (TPSA) is 116 Å². The number of aromatic nitrogens is 3. The zero-order valence-electron chi connectivity index (χ0n) is 18.6. The number of carbonyl (C=O) groups excluding carboxylic acids is 1. The van der Waals surface area contributed by atoms with E-state index in [0.29, 0.717) is 28.5 Å². The lowest BCUT2D eigenvalue weighted by molar-refractivity contribution is -0.133. The fourth-order valence-electron chi connectivity index (χ4n) is 4.14. The molecular weight excluding hydrogens is 432 g/mol. The number of amides is 1. The molecule has 0 aliphatic rings. The predicted molar refractivity (Wildman–Crippen MR) is 126 cm³/mol. The molecule has 3 aromatic carbocycles. The number of aryl methyl sites for hydroxylation is 1. The van der Waals surface area contributed by atoms with Gasteiger partial charge in [-0.05, 0) is 54.4 Å². The summed E-state index contributed by atoms with van der Waals surface area (Å²) in [7, 11) is 1.62. The molecule has 5 rings (SSSR count). The largest absolute Gasteiger partial charge is 0.497 e. The highest BCUT2D eigenvalue weighted by Gasteiger charge is 2.38. The van der Waals surface area contributed by atoms with Crippen molar-refractivity contribution < 1.29 is 19.2 Å². The van der Waals surface area contributed by atoms with Crippen LogP contribution in [-0.2, 0) is 10.4 Å². The summed E-state index contributed by atoms with van der Waals surface area (Å²) in [5.74, 6) is 0.762. The predicted octanol–water partition coefficient (Wildman–Crippen LogP) is 3.72. The van der Waals surface area contributed by atoms with Gasteiger partial charge >= 0.3 is 0 Å². The molecule has 0 saturated carbocycles. The first-order chi connectivity index (χ1) is 16.4. The fraction of sp³-hybridized carbons (Fsp3) is 0.115. The van der Waals surface area contributed by atoms with Crippen LogP contribution in [0.5, 0.6) is 5.75 Å². The highest BCUT2D eigenvalue weighted by atomic mass is 16.5. The Labute approximate surface area is 195 Å². The van der Waals surface area contributed by atoms with Crippen molar-refractivity contribution >= 4 is 16.8 Å². The summed E-state index contributed by atoms with van der Waals surface area (Å²) in [6.07, 6.45) is 0. The molecule has 0 aliphatic carbocycles. The Morgan fingerprint density at radius 1 is 1.03 bits per heavy atom. The quantitative estimate of drug-likeness (QED) is 0.404. The third-order valence-electron chi connectivity index (χ3n) is 5.85. The van der Waals surface area contributed by atoms with Crippen LogP contribution in [0.3, 0.4) is 0 Å². The second-order valence-corrected chi connectivity index (χ2v) is 7.92. The minimum Gasteiger partial charge on any atom is -0.497 e. The van der Waals surface area contributed by atoms with E-state index in [1.807, 2.05) is 41.0 Å². The third kappa shape index (κ3) is 3.41. The van der Waals surface area contributed by atoms with Crippen LogP contribution >= 0.6 is 0 Å². The molecule has 8 nitrogen and oxygen atoms in total. The molecule has 1 atom stereocenters. The molecule has 8 heteroatoms. The average molecular weight is 454 g/mol. The van der Waals surface area contributed by atoms with Crippen molar-refractivity contribution in [2.45, 2.75) is 12.5 Å². The van der Waals surface area contributed by atoms with E-state index >= 15 is 0 Å². The summed E-state index contributed by atoms with van der Waals surface area (Å²) in [6, 6.07) is 23.3. The number of primary amides is 1. The van der Waals surface area contributed by atoms with Crippen LogP contribution in [0.25, 0.3) is 28.2 Å². The Balaban J connectivity index is 1.67. The number of aliphatic hydroxyl groups is 1. The Morgan fingerprint density at radius 3 is 2.35 bits per heavy atom. The molecule has 0 bridgehead atoms. The number of benzene rings is 3. The van der Waals surface area contributed by atoms with Crippen molar-refractivity contribution in [3.63, 3.8) is 0 Å². The van der Waals surface area contributed by atoms with Gasteiger partial charge in [0.25, 0.3) is 11.8 Å². The zero-order chi connectivity index (χ0) is 23.9. The normalized spacial score (nSPS) is 13.0. The lowest BCUT2D eigenvalue weighted by Crippen LogP contribution is -2.42. The first-order valence-electron chi connectivity index (χ1n) is 10.6. The summed E-state index contributed by atoms with van der Waals surface area (Å²) < 4.78 is 12.8. The lowest BCUT2D eigenvalue weighted by Gasteiger charge is -2.26. The van der Waals surface area contributed by atoms with Crippen molar-refractivity contribution in [1.82, 2.24) is 14.7 Å². The summed E-state index contributed by atoms with van der Waals surface area (Å²) >= 11 is 0. The van der Waals surface area contributed by atoms with Gasteiger partial charge < -0.3 is 24.7 Å². The molecule has 5 aromatic rings. The summed E-state index contributed by atoms with van der Waals surface area (Å²) in [5, 5.41) is 16.1. The van der Waals surface area contributed by atoms with E-state index in [-0.39, 0.29) is 0 Å². The van der Waals surface area contributed by atoms with Crippen molar-refractivity contribution in [3.05, 3.63) is 95.8 Å². The molecule has 0 radical (unpaired) electrons. The van der Waals surface area contributed by atoms with Crippen LogP contribution in [0.15, 0.2) is 83.4 Å². The van der Waals surface area contributed by atoms with E-state index in [1.54, 1.807) is 56.5 Å². The van der Waals surface area contributed by atoms with Gasteiger partial charge in [0.15, 0.2) is 11.4 Å². The van der Waals surface area contributed by atoms with Gasteiger partial charge in [0.05, 0.1) is 12.6 Å². The molecule has 2 heterocycles. The van der Waals surface area contributed by atoms with Crippen LogP contribution in [0.2, 0.25) is 0 Å². The molecule has 0 aliphatic heterocycles. The number of hydrogen-bond donors (Lipinski definition) is 2. The summed E-state index contributed by atoms with van der Waals surface area (Å²) in [4.78, 5) is 16.7. The average Bonchev–Trinajstić information content (AvgIpc) is 3.46. The molecular formula is C26H22N4O4. The van der Waals surface area contributed by atoms with E-state index in [1.165, 1.54) is 0 Å². The molecule has 3 N–H and O–H groups in total. The molecule has 0 saturated heterocycles. The lowest BCUT2D eigenvalue weighted by atomic mass is 9.85. The Kier molecular flexibility index (Phi) is 5.14. The van der Waals surface area contributed by atoms with Crippen LogP contribution in [0, 0.1) is 6.92 Å². The SMILES string of the molecule is COc1ccc2c(c1)cc(-c1nc(C)no1)n2-c1ccc(C(O)(C(N)=O)c2ccccc2)cc1. The van der Waals surface area contributed by atoms with Gasteiger partial charge in [-0.3, -0.25) is 4.79 Å². The number of carbonyl (C=O) groups is 1. The first kappa shape index (κ1) is 21.4. The number of hydrogen-bond acceptors (Lipinski definition) is 6. The van der Waals surface area contributed by atoms with Gasteiger partial charge in [-0.15, -0.1) is 0 Å². The second kappa shape index (κ2) is 8.17. The van der Waals surface area contributed by atoms with Gasteiger partial charge in [0.2, 0.25) is 0 Å². The van der Waals surface area contributed by atoms with Gasteiger partial charge in [0.1, 0.15) is 11.4 Å². The summed E-state index contributed by atoms with van der Waals surface area (Å²) in [6.45, 7) is 1.76. The number of nitrogens with zero attached hydrogens (tertiary/aromatic N) is 3. The maximum Gasteiger partial charge on any atom is 0.274 e. The first-order valence-corrected chi connectivity index (χ1v) is 10.6. The standard InChI is InChI=1S/C26H22N4O4/c1-16-28-24(34-29-16)23-15-17-14-21(33-2)12-13-22(17)30(23)20-10-8-19(9-11-20)26(32,25(27)31)18-6-4-3-5-7-18/h3-15,32H,1-2H3,(H2,27,31). The fourth-order valence-corrected chi connectivity index (χ4v) is 4.14. The number of fused-ring (bicyclic) bond motifs is 1. The number of methoxy groups -OCH3 is 1. The van der Waals surface area contributed by atoms with Crippen LogP contribution in [0.1, 0.15) is 17.0 Å². The van der Waals surface area contributed by atoms with Crippen molar-refractivity contribution in [3.8, 4) is 23.0 Å². The van der Waals surface area contributed by atoms with Crippen LogP contribution in [-0.4, -0.2) is 32.8 Å². The number of nitrogens with two attached hydrogens (primary N) is 1. The third-order valence-corrected chi connectivity index (χ3v) is 5.85. The van der Waals surface area contributed by atoms with Crippen molar-refractivity contribution in [1.29, 1.82) is 0 Å². The molecule has 2 aromatic heterocycles. The smallest absolute Gasteiger partial charge is 0.274 e. The number of ether oxygens (including phenoxy) is 1. The molecule has 1 amide bonds. The van der Waals surface area contributed by atoms with Crippen molar-refractivity contribution in [2.75, 3.05) is 7.11 Å². The van der Waals surface area contributed by atoms with E-state index in [4.69, 9.17) is 15.0 Å². The highest BCUT2D eigenvalue weighted by molar-refractivity contribution is 5.90. The van der Waals surface area contributed by atoms with Gasteiger partial charge in [0, 0.05) is 11.1 Å². The number of rotatable bonds is 6. The molecule has 0 fully saturated rings. The Hall–Kier alpha value is -4.43. The highest BCUT2D eigenvalue weighted by Crippen LogP contribution is 2.35. The van der Waals surface area contributed by atoms with Gasteiger partial charge in [-0.2, -0.15) is 4.98 Å². The minimum absolute atomic E-state index is 0.364.